The summed E-state index contributed by atoms with van der Waals surface area (Å²) in [5, 5.41) is 33.5. The molecule has 8 heteroatoms. The van der Waals surface area contributed by atoms with Gasteiger partial charge in [-0.25, -0.2) is 0 Å². The fraction of sp³-hybridized carbons (Fsp3) is 0.581. The molecule has 39 heavy (non-hydrogen) atoms. The van der Waals surface area contributed by atoms with Crippen molar-refractivity contribution in [3.8, 4) is 11.5 Å². The van der Waals surface area contributed by atoms with Crippen LogP contribution in [0.1, 0.15) is 64.4 Å². The lowest BCUT2D eigenvalue weighted by atomic mass is 10.0. The summed E-state index contributed by atoms with van der Waals surface area (Å²) in [6, 6.07) is 5.87. The van der Waals surface area contributed by atoms with Gasteiger partial charge < -0.3 is 35.8 Å². The first-order valence-corrected chi connectivity index (χ1v) is 14.4. The first-order chi connectivity index (χ1) is 18.9. The summed E-state index contributed by atoms with van der Waals surface area (Å²) in [6.07, 6.45) is 15.3. The van der Waals surface area contributed by atoms with Gasteiger partial charge in [0.15, 0.2) is 29.9 Å². The molecule has 6 N–H and O–H groups in total. The minimum Gasteiger partial charge on any atom is -0.592 e. The molecule has 0 bridgehead atoms. The predicted octanol–water partition coefficient (Wildman–Crippen LogP) is 4.00. The monoisotopic (exact) mass is 541 g/mol. The molecule has 1 aromatic carbocycles. The second-order valence-electron chi connectivity index (χ2n) is 10.7. The van der Waals surface area contributed by atoms with Crippen molar-refractivity contribution in [3.63, 3.8) is 0 Å². The number of allylic oxidation sites excluding steroid dienone is 1. The Hall–Kier alpha value is -2.65. The van der Waals surface area contributed by atoms with Gasteiger partial charge >= 0.3 is 0 Å². The van der Waals surface area contributed by atoms with E-state index >= 15 is 0 Å². The molecule has 2 aliphatic heterocycles. The van der Waals surface area contributed by atoms with Crippen molar-refractivity contribution in [1.29, 1.82) is 0 Å². The maximum absolute atomic E-state index is 10.6. The van der Waals surface area contributed by atoms with Crippen molar-refractivity contribution in [2.45, 2.75) is 83.5 Å². The van der Waals surface area contributed by atoms with E-state index in [2.05, 4.69) is 29.7 Å². The molecule has 0 saturated heterocycles. The summed E-state index contributed by atoms with van der Waals surface area (Å²) in [7, 11) is 0. The van der Waals surface area contributed by atoms with Crippen molar-refractivity contribution in [1.82, 2.24) is 5.32 Å². The Morgan fingerprint density at radius 2 is 1.92 bits per heavy atom. The number of aliphatic imine (C=N–C) groups is 1. The highest BCUT2D eigenvalue weighted by atomic mass is 16.5. The third-order valence-corrected chi connectivity index (χ3v) is 7.05. The van der Waals surface area contributed by atoms with Crippen LogP contribution in [0.5, 0.6) is 11.5 Å². The van der Waals surface area contributed by atoms with Crippen molar-refractivity contribution in [2.75, 3.05) is 26.2 Å². The van der Waals surface area contributed by atoms with Crippen LogP contribution < -0.4 is 15.8 Å². The third-order valence-electron chi connectivity index (χ3n) is 7.05. The van der Waals surface area contributed by atoms with Crippen LogP contribution in [0.3, 0.4) is 0 Å². The van der Waals surface area contributed by atoms with Gasteiger partial charge in [-0.05, 0) is 57.4 Å². The number of benzene rings is 1. The number of aromatic hydroxyl groups is 1. The maximum atomic E-state index is 10.6. The van der Waals surface area contributed by atoms with Crippen LogP contribution in [-0.2, 0) is 11.2 Å². The smallest absolute Gasteiger partial charge is 0.181 e. The molecule has 0 fully saturated rings. The van der Waals surface area contributed by atoms with Gasteiger partial charge in [-0.1, -0.05) is 43.9 Å². The summed E-state index contributed by atoms with van der Waals surface area (Å²) >= 11 is 0. The summed E-state index contributed by atoms with van der Waals surface area (Å²) in [6.45, 7) is 5.82. The third kappa shape index (κ3) is 10.8. The average Bonchev–Trinajstić information content (AvgIpc) is 3.59. The van der Waals surface area contributed by atoms with Crippen LogP contribution in [0, 0.1) is 18.4 Å². The zero-order chi connectivity index (χ0) is 28.0. The molecule has 8 nitrogen and oxygen atoms in total. The molecule has 2 heterocycles. The first kappa shape index (κ1) is 30.9. The van der Waals surface area contributed by atoms with E-state index in [-0.39, 0.29) is 24.4 Å². The number of rotatable bonds is 19. The van der Waals surface area contributed by atoms with Crippen LogP contribution in [0.25, 0.3) is 0 Å². The number of nitrogens with one attached hydrogen (secondary N) is 1. The highest BCUT2D eigenvalue weighted by Gasteiger charge is 2.31. The number of phenols is 1. The lowest BCUT2D eigenvalue weighted by Gasteiger charge is -2.21. The molecule has 0 amide bonds. The largest absolute Gasteiger partial charge is 0.592 e. The molecular weight excluding hydrogens is 494 g/mol. The molecule has 1 aromatic rings. The zero-order valence-corrected chi connectivity index (χ0v) is 23.5. The fourth-order valence-electron chi connectivity index (χ4n) is 4.63. The van der Waals surface area contributed by atoms with Crippen LogP contribution in [0.4, 0.5) is 0 Å². The standard InChI is InChI=1S/C31H47N3O5/c1-22(18-33-19-23(2)35)25-17-28(34-20-25)30(37)21-38-31-16-24(10-14-29(31)36)9-11-27-13-12-26(39-27)8-6-4-3-5-7-15-32/h10,12-14,16-17,20,22-23,26,30,33,35-37H,3-9,11,15,18-19,21,32H2,1-2H3. The number of aliphatic hydroxyl groups excluding tert-OH is 2. The number of unbranched alkanes of at least 4 members (excludes halogenated alkanes) is 4. The van der Waals surface area contributed by atoms with E-state index in [1.54, 1.807) is 19.2 Å². The van der Waals surface area contributed by atoms with Gasteiger partial charge in [0.05, 0.1) is 18.1 Å². The molecule has 0 aliphatic carbocycles. The Labute approximate surface area is 234 Å². The van der Waals surface area contributed by atoms with E-state index < -0.39 is 12.2 Å². The van der Waals surface area contributed by atoms with Crippen molar-refractivity contribution in [3.05, 3.63) is 59.7 Å². The van der Waals surface area contributed by atoms with Crippen LogP contribution in [0.15, 0.2) is 46.7 Å². The molecule has 4 unspecified atom stereocenters. The number of ether oxygens (including phenoxy) is 2. The second kappa shape index (κ2) is 16.5. The number of nitrogens with two attached hydrogens (primary N) is 1. The molecular formula is C31H47N3O5. The Kier molecular flexibility index (Phi) is 13.0. The lowest BCUT2D eigenvalue weighted by Crippen LogP contribution is -2.29. The van der Waals surface area contributed by atoms with Gasteiger partial charge in [-0.2, -0.15) is 12.5 Å². The van der Waals surface area contributed by atoms with Crippen molar-refractivity contribution < 1.29 is 24.8 Å². The topological polar surface area (TPSA) is 130 Å². The molecule has 0 aromatic heterocycles. The lowest BCUT2D eigenvalue weighted by molar-refractivity contribution is 0.120. The average molecular weight is 542 g/mol. The SMILES string of the molecule is CC(O)CNCC(C)C1=C[C+](C(O)COc2cc(CCC3=C[CH-]C(CCCCCCCN)O3)ccc2O)N=C1. The highest BCUT2D eigenvalue weighted by Crippen LogP contribution is 2.30. The van der Waals surface area contributed by atoms with E-state index in [4.69, 9.17) is 15.2 Å². The Bertz CT molecular complexity index is 962. The van der Waals surface area contributed by atoms with E-state index in [1.165, 1.54) is 25.7 Å². The minimum atomic E-state index is -0.912. The van der Waals surface area contributed by atoms with Crippen LogP contribution in [0.2, 0.25) is 0 Å². The number of aryl methyl sites for hydroxylation is 1. The molecule has 216 valence electrons. The van der Waals surface area contributed by atoms with Gasteiger partial charge in [0.25, 0.3) is 0 Å². The Morgan fingerprint density at radius 1 is 1.13 bits per heavy atom. The van der Waals surface area contributed by atoms with Gasteiger partial charge in [-0.3, -0.25) is 0 Å². The molecule has 0 spiro atoms. The van der Waals surface area contributed by atoms with E-state index in [1.807, 2.05) is 18.2 Å². The zero-order valence-electron chi connectivity index (χ0n) is 23.5. The van der Waals surface area contributed by atoms with Crippen molar-refractivity contribution in [2.24, 2.45) is 16.6 Å². The van der Waals surface area contributed by atoms with Crippen molar-refractivity contribution >= 4 is 6.21 Å². The summed E-state index contributed by atoms with van der Waals surface area (Å²) < 4.78 is 11.9. The van der Waals surface area contributed by atoms with Crippen LogP contribution in [-0.4, -0.2) is 66.1 Å². The summed E-state index contributed by atoms with van der Waals surface area (Å²) in [5.74, 6) is 1.56. The molecule has 4 atom stereocenters. The van der Waals surface area contributed by atoms with Gasteiger partial charge in [-0.15, -0.1) is 4.99 Å². The number of aliphatic hydroxyl groups is 2. The second-order valence-corrected chi connectivity index (χ2v) is 10.7. The van der Waals surface area contributed by atoms with Gasteiger partial charge in [0, 0.05) is 19.2 Å². The van der Waals surface area contributed by atoms with E-state index in [0.717, 1.165) is 49.1 Å². The molecule has 2 aliphatic rings. The molecule has 0 saturated carbocycles. The maximum Gasteiger partial charge on any atom is 0.181 e. The van der Waals surface area contributed by atoms with E-state index in [9.17, 15) is 15.3 Å². The molecule has 0 radical (unpaired) electrons. The Balaban J connectivity index is 1.38. The van der Waals surface area contributed by atoms with Gasteiger partial charge in [0.1, 0.15) is 12.2 Å². The normalized spacial score (nSPS) is 18.8. The van der Waals surface area contributed by atoms with Gasteiger partial charge in [0.2, 0.25) is 0 Å². The first-order valence-electron chi connectivity index (χ1n) is 14.4. The summed E-state index contributed by atoms with van der Waals surface area (Å²) in [4.78, 5) is 4.35. The van der Waals surface area contributed by atoms with E-state index in [0.29, 0.717) is 24.9 Å². The fourth-order valence-corrected chi connectivity index (χ4v) is 4.63. The number of hydrogen-bond donors (Lipinski definition) is 5. The molecule has 3 rings (SSSR count). The number of phenolic OH excluding ortho intramolecular Hbond substituents is 1. The minimum absolute atomic E-state index is 0.0146. The quantitative estimate of drug-likeness (QED) is 0.132. The van der Waals surface area contributed by atoms with Crippen LogP contribution >= 0.6 is 0 Å². The number of nitrogens with zero attached hydrogens (tertiary/aromatic N) is 1. The Morgan fingerprint density at radius 3 is 2.72 bits per heavy atom. The number of hydrogen-bond acceptors (Lipinski definition) is 8. The predicted molar refractivity (Wildman–Crippen MR) is 155 cm³/mol. The summed E-state index contributed by atoms with van der Waals surface area (Å²) in [5.41, 5.74) is 7.59. The highest BCUT2D eigenvalue weighted by molar-refractivity contribution is 5.84.